The van der Waals surface area contributed by atoms with Gasteiger partial charge < -0.3 is 28.8 Å². The van der Waals surface area contributed by atoms with E-state index in [2.05, 4.69) is 32.6 Å². The van der Waals surface area contributed by atoms with Crippen LogP contribution >= 0.6 is 0 Å². The number of benzene rings is 1. The number of nitrogens with zero attached hydrogens (tertiary/aromatic N) is 1. The molecule has 3 heterocycles. The smallest absolute Gasteiger partial charge is 0.486 e. The van der Waals surface area contributed by atoms with Gasteiger partial charge in [-0.1, -0.05) is 6.07 Å². The van der Waals surface area contributed by atoms with E-state index in [1.54, 1.807) is 0 Å². The van der Waals surface area contributed by atoms with Crippen molar-refractivity contribution in [2.24, 2.45) is 0 Å². The minimum absolute atomic E-state index is 0.0174. The van der Waals surface area contributed by atoms with Crippen LogP contribution in [0.15, 0.2) is 18.2 Å². The standard InChI is InChI=1S/C20H30BNO5/c1-19(2)20(3,4)27-21(26-19)14-5-6-17-18(11-14)25-16(13-24-17)8-10-22-9-7-15(23)12-22/h5-6,11,15-16,23H,7-10,12-13H2,1-4H3. The third-order valence-electron chi connectivity index (χ3n) is 6.23. The van der Waals surface area contributed by atoms with Crippen LogP contribution in [0.2, 0.25) is 0 Å². The summed E-state index contributed by atoms with van der Waals surface area (Å²) >= 11 is 0. The topological polar surface area (TPSA) is 60.4 Å². The molecule has 1 N–H and O–H groups in total. The van der Waals surface area contributed by atoms with Gasteiger partial charge in [-0.2, -0.15) is 0 Å². The van der Waals surface area contributed by atoms with Crippen molar-refractivity contribution in [3.8, 4) is 11.5 Å². The van der Waals surface area contributed by atoms with Gasteiger partial charge in [0.2, 0.25) is 0 Å². The maximum atomic E-state index is 9.65. The number of aliphatic hydroxyl groups excluding tert-OH is 1. The number of fused-ring (bicyclic) bond motifs is 1. The predicted octanol–water partition coefficient (Wildman–Crippen LogP) is 1.58. The largest absolute Gasteiger partial charge is 0.494 e. The summed E-state index contributed by atoms with van der Waals surface area (Å²) in [4.78, 5) is 2.28. The Hall–Kier alpha value is -1.28. The van der Waals surface area contributed by atoms with Crippen molar-refractivity contribution in [1.29, 1.82) is 0 Å². The summed E-state index contributed by atoms with van der Waals surface area (Å²) in [5.41, 5.74) is 0.209. The molecule has 3 aliphatic rings. The molecule has 2 fully saturated rings. The monoisotopic (exact) mass is 375 g/mol. The van der Waals surface area contributed by atoms with Gasteiger partial charge in [-0.15, -0.1) is 0 Å². The maximum Gasteiger partial charge on any atom is 0.494 e. The summed E-state index contributed by atoms with van der Waals surface area (Å²) in [7, 11) is -0.407. The van der Waals surface area contributed by atoms with Crippen molar-refractivity contribution in [3.05, 3.63) is 18.2 Å². The fraction of sp³-hybridized carbons (Fsp3) is 0.700. The van der Waals surface area contributed by atoms with Gasteiger partial charge in [-0.25, -0.2) is 0 Å². The van der Waals surface area contributed by atoms with Crippen LogP contribution in [0.5, 0.6) is 11.5 Å². The van der Waals surface area contributed by atoms with E-state index in [0.29, 0.717) is 6.61 Å². The van der Waals surface area contributed by atoms with Crippen molar-refractivity contribution in [2.45, 2.75) is 63.9 Å². The second-order valence-corrected chi connectivity index (χ2v) is 8.88. The number of aliphatic hydroxyl groups is 1. The molecule has 0 amide bonds. The summed E-state index contributed by atoms with van der Waals surface area (Å²) in [6, 6.07) is 5.89. The highest BCUT2D eigenvalue weighted by atomic mass is 16.7. The van der Waals surface area contributed by atoms with Crippen LogP contribution in [0, 0.1) is 0 Å². The zero-order valence-corrected chi connectivity index (χ0v) is 16.7. The quantitative estimate of drug-likeness (QED) is 0.807. The first-order valence-corrected chi connectivity index (χ1v) is 9.93. The Balaban J connectivity index is 1.40. The van der Waals surface area contributed by atoms with Crippen LogP contribution in [0.4, 0.5) is 0 Å². The molecule has 0 radical (unpaired) electrons. The number of rotatable bonds is 4. The van der Waals surface area contributed by atoms with Gasteiger partial charge in [0.1, 0.15) is 12.7 Å². The van der Waals surface area contributed by atoms with E-state index in [1.807, 2.05) is 18.2 Å². The summed E-state index contributed by atoms with van der Waals surface area (Å²) in [6.07, 6.45) is 1.58. The number of ether oxygens (including phenoxy) is 2. The Morgan fingerprint density at radius 1 is 1.15 bits per heavy atom. The molecule has 0 aliphatic carbocycles. The molecule has 2 saturated heterocycles. The van der Waals surface area contributed by atoms with Gasteiger partial charge in [0, 0.05) is 26.1 Å². The summed E-state index contributed by atoms with van der Waals surface area (Å²) in [5.74, 6) is 1.52. The molecule has 0 aromatic heterocycles. The van der Waals surface area contributed by atoms with Crippen LogP contribution in [0.25, 0.3) is 0 Å². The molecule has 1 aromatic rings. The summed E-state index contributed by atoms with van der Waals surface area (Å²) in [5, 5.41) is 9.65. The fourth-order valence-electron chi connectivity index (χ4n) is 3.74. The minimum atomic E-state index is -0.407. The summed E-state index contributed by atoms with van der Waals surface area (Å²) < 4.78 is 24.4. The van der Waals surface area contributed by atoms with Gasteiger partial charge in [-0.3, -0.25) is 0 Å². The Bertz CT molecular complexity index is 679. The fourth-order valence-corrected chi connectivity index (χ4v) is 3.74. The van der Waals surface area contributed by atoms with E-state index in [4.69, 9.17) is 18.8 Å². The SMILES string of the molecule is CC1(C)OB(c2ccc3c(c2)OC(CCN2CCC(O)C2)CO3)OC1(C)C. The Morgan fingerprint density at radius 2 is 1.89 bits per heavy atom. The van der Waals surface area contributed by atoms with Crippen LogP contribution in [0.1, 0.15) is 40.5 Å². The number of β-amino-alcohol motifs (C(OH)–C–C–N with tert-alkyl or cyclic N) is 1. The minimum Gasteiger partial charge on any atom is -0.486 e. The van der Waals surface area contributed by atoms with Crippen LogP contribution in [0.3, 0.4) is 0 Å². The molecular formula is C20H30BNO5. The Labute approximate surface area is 161 Å². The first-order valence-electron chi connectivity index (χ1n) is 9.93. The van der Waals surface area contributed by atoms with E-state index in [0.717, 1.165) is 49.4 Å². The molecule has 148 valence electrons. The first-order chi connectivity index (χ1) is 12.7. The van der Waals surface area contributed by atoms with Crippen LogP contribution < -0.4 is 14.9 Å². The van der Waals surface area contributed by atoms with Crippen LogP contribution in [-0.2, 0) is 9.31 Å². The van der Waals surface area contributed by atoms with Gasteiger partial charge in [0.05, 0.1) is 17.3 Å². The lowest BCUT2D eigenvalue weighted by atomic mass is 9.79. The van der Waals surface area contributed by atoms with Crippen LogP contribution in [-0.4, -0.2) is 66.8 Å². The zero-order valence-electron chi connectivity index (χ0n) is 16.7. The van der Waals surface area contributed by atoms with Crippen molar-refractivity contribution in [2.75, 3.05) is 26.2 Å². The van der Waals surface area contributed by atoms with Crippen molar-refractivity contribution in [3.63, 3.8) is 0 Å². The van der Waals surface area contributed by atoms with E-state index in [9.17, 15) is 5.11 Å². The van der Waals surface area contributed by atoms with Crippen molar-refractivity contribution < 1.29 is 23.9 Å². The lowest BCUT2D eigenvalue weighted by Gasteiger charge is -2.32. The second-order valence-electron chi connectivity index (χ2n) is 8.88. The Kier molecular flexibility index (Phi) is 4.91. The molecule has 6 nitrogen and oxygen atoms in total. The van der Waals surface area contributed by atoms with Gasteiger partial charge in [0.25, 0.3) is 0 Å². The van der Waals surface area contributed by atoms with E-state index in [-0.39, 0.29) is 23.4 Å². The molecule has 0 spiro atoms. The second kappa shape index (κ2) is 6.96. The average Bonchev–Trinajstić information content (AvgIpc) is 3.12. The van der Waals surface area contributed by atoms with Crippen molar-refractivity contribution in [1.82, 2.24) is 4.90 Å². The highest BCUT2D eigenvalue weighted by molar-refractivity contribution is 6.62. The lowest BCUT2D eigenvalue weighted by molar-refractivity contribution is 0.00578. The highest BCUT2D eigenvalue weighted by Gasteiger charge is 2.51. The van der Waals surface area contributed by atoms with E-state index < -0.39 is 7.12 Å². The molecule has 2 atom stereocenters. The molecule has 2 unspecified atom stereocenters. The third kappa shape index (κ3) is 3.83. The van der Waals surface area contributed by atoms with E-state index in [1.165, 1.54) is 0 Å². The average molecular weight is 375 g/mol. The Morgan fingerprint density at radius 3 is 2.56 bits per heavy atom. The van der Waals surface area contributed by atoms with Crippen molar-refractivity contribution >= 4 is 12.6 Å². The molecule has 3 aliphatic heterocycles. The lowest BCUT2D eigenvalue weighted by Crippen LogP contribution is -2.41. The highest BCUT2D eigenvalue weighted by Crippen LogP contribution is 2.38. The summed E-state index contributed by atoms with van der Waals surface area (Å²) in [6.45, 7) is 11.4. The molecule has 0 saturated carbocycles. The van der Waals surface area contributed by atoms with Gasteiger partial charge in [0.15, 0.2) is 11.5 Å². The molecule has 0 bridgehead atoms. The third-order valence-corrected chi connectivity index (χ3v) is 6.23. The first kappa shape index (κ1) is 19.1. The molecule has 1 aromatic carbocycles. The molecule has 27 heavy (non-hydrogen) atoms. The van der Waals surface area contributed by atoms with E-state index >= 15 is 0 Å². The van der Waals surface area contributed by atoms with Gasteiger partial charge in [-0.05, 0) is 51.7 Å². The molecule has 7 heteroatoms. The predicted molar refractivity (Wildman–Crippen MR) is 104 cm³/mol. The number of hydrogen-bond donors (Lipinski definition) is 1. The maximum absolute atomic E-state index is 9.65. The number of likely N-dealkylation sites (tertiary alicyclic amines) is 1. The number of hydrogen-bond acceptors (Lipinski definition) is 6. The zero-order chi connectivity index (χ0) is 19.2. The normalized spacial score (nSPS) is 29.3. The molecular weight excluding hydrogens is 345 g/mol. The molecule has 4 rings (SSSR count). The van der Waals surface area contributed by atoms with Gasteiger partial charge >= 0.3 is 7.12 Å².